The van der Waals surface area contributed by atoms with Gasteiger partial charge in [-0.1, -0.05) is 121 Å². The van der Waals surface area contributed by atoms with E-state index < -0.39 is 0 Å². The van der Waals surface area contributed by atoms with Gasteiger partial charge in [0.2, 0.25) is 0 Å². The molecule has 0 aliphatic heterocycles. The molecule has 0 fully saturated rings. The fourth-order valence-electron chi connectivity index (χ4n) is 8.54. The Kier molecular flexibility index (Phi) is 7.40. The highest BCUT2D eigenvalue weighted by Gasteiger charge is 2.21. The molecule has 0 aliphatic rings. The van der Waals surface area contributed by atoms with Gasteiger partial charge in [-0.25, -0.2) is 19.9 Å². The molecule has 0 amide bonds. The molecular weight excluding hydrogens is 725 g/mol. The number of nitrogens with zero attached hydrogens (tertiary/aromatic N) is 6. The summed E-state index contributed by atoms with van der Waals surface area (Å²) >= 11 is 0. The Morgan fingerprint density at radius 2 is 0.966 bits per heavy atom. The average Bonchev–Trinajstić information content (AvgIpc) is 3.99. The normalized spacial score (nSPS) is 11.7. The highest BCUT2D eigenvalue weighted by molar-refractivity contribution is 6.13. The Bertz CT molecular complexity index is 3510. The van der Waals surface area contributed by atoms with Crippen LogP contribution in [0.1, 0.15) is 0 Å². The number of hydrogen-bond acceptors (Lipinski definition) is 5. The monoisotopic (exact) mass is 756 g/mol. The van der Waals surface area contributed by atoms with Crippen molar-refractivity contribution in [2.24, 2.45) is 0 Å². The molecule has 12 aromatic rings. The Morgan fingerprint density at radius 1 is 0.356 bits per heavy atom. The third-order valence-corrected chi connectivity index (χ3v) is 11.2. The predicted octanol–water partition coefficient (Wildman–Crippen LogP) is 12.9. The number of hydrogen-bond donors (Lipinski definition) is 0. The van der Waals surface area contributed by atoms with Crippen LogP contribution in [0.2, 0.25) is 0 Å². The average molecular weight is 757 g/mol. The molecule has 0 unspecified atom stereocenters. The van der Waals surface area contributed by atoms with Crippen molar-refractivity contribution in [1.82, 2.24) is 29.1 Å². The van der Waals surface area contributed by atoms with Gasteiger partial charge < -0.3 is 8.98 Å². The van der Waals surface area contributed by atoms with E-state index in [0.717, 1.165) is 83.5 Å². The molecule has 0 N–H and O–H groups in total. The lowest BCUT2D eigenvalue weighted by Crippen LogP contribution is -2.01. The van der Waals surface area contributed by atoms with Gasteiger partial charge in [-0.15, -0.1) is 0 Å². The van der Waals surface area contributed by atoms with Crippen LogP contribution in [0.25, 0.3) is 112 Å². The van der Waals surface area contributed by atoms with Crippen LogP contribution in [0, 0.1) is 0 Å². The second-order valence-electron chi connectivity index (χ2n) is 14.7. The van der Waals surface area contributed by atoms with Gasteiger partial charge in [0.25, 0.3) is 0 Å². The number of para-hydroxylation sites is 5. The van der Waals surface area contributed by atoms with Gasteiger partial charge in [0, 0.05) is 55.2 Å². The van der Waals surface area contributed by atoms with Crippen LogP contribution >= 0.6 is 0 Å². The summed E-state index contributed by atoms with van der Waals surface area (Å²) in [6.07, 6.45) is 0. The molecule has 0 aliphatic carbocycles. The van der Waals surface area contributed by atoms with Crippen LogP contribution in [0.4, 0.5) is 0 Å². The molecule has 59 heavy (non-hydrogen) atoms. The number of benzene rings is 8. The lowest BCUT2D eigenvalue weighted by Gasteiger charge is -2.12. The van der Waals surface area contributed by atoms with Crippen LogP contribution < -0.4 is 0 Å². The van der Waals surface area contributed by atoms with E-state index in [1.54, 1.807) is 0 Å². The summed E-state index contributed by atoms with van der Waals surface area (Å²) in [5, 5.41) is 4.31. The second-order valence-corrected chi connectivity index (χ2v) is 14.7. The Balaban J connectivity index is 1.06. The van der Waals surface area contributed by atoms with Gasteiger partial charge in [-0.05, 0) is 72.8 Å². The second kappa shape index (κ2) is 13.2. The van der Waals surface area contributed by atoms with Crippen LogP contribution in [0.15, 0.2) is 199 Å². The number of aromatic nitrogens is 6. The van der Waals surface area contributed by atoms with E-state index in [9.17, 15) is 0 Å². The fraction of sp³-hybridized carbons (Fsp3) is 0. The van der Waals surface area contributed by atoms with Crippen LogP contribution in [0.3, 0.4) is 0 Å². The molecule has 0 saturated carbocycles. The van der Waals surface area contributed by atoms with Crippen molar-refractivity contribution in [3.63, 3.8) is 0 Å². The highest BCUT2D eigenvalue weighted by Crippen LogP contribution is 2.40. The summed E-state index contributed by atoms with van der Waals surface area (Å²) in [6, 6.07) is 66.7. The maximum Gasteiger partial charge on any atom is 0.164 e. The number of rotatable bonds is 6. The van der Waals surface area contributed by atoms with Crippen molar-refractivity contribution >= 4 is 54.8 Å². The van der Waals surface area contributed by atoms with E-state index in [4.69, 9.17) is 24.4 Å². The van der Waals surface area contributed by atoms with Gasteiger partial charge in [0.1, 0.15) is 17.0 Å². The molecule has 0 spiro atoms. The third-order valence-electron chi connectivity index (χ3n) is 11.2. The summed E-state index contributed by atoms with van der Waals surface area (Å²) in [7, 11) is 0. The largest absolute Gasteiger partial charge is 0.456 e. The summed E-state index contributed by atoms with van der Waals surface area (Å²) < 4.78 is 11.1. The first-order valence-electron chi connectivity index (χ1n) is 19.6. The molecule has 8 aromatic carbocycles. The van der Waals surface area contributed by atoms with Crippen molar-refractivity contribution in [3.8, 4) is 56.9 Å². The summed E-state index contributed by atoms with van der Waals surface area (Å²) in [4.78, 5) is 20.7. The molecule has 0 saturated heterocycles. The Hall–Kier alpha value is -8.16. The lowest BCUT2D eigenvalue weighted by molar-refractivity contribution is 0.669. The van der Waals surface area contributed by atoms with E-state index in [2.05, 4.69) is 143 Å². The summed E-state index contributed by atoms with van der Waals surface area (Å²) in [6.45, 7) is 0. The van der Waals surface area contributed by atoms with Crippen molar-refractivity contribution in [2.45, 2.75) is 0 Å². The molecule has 4 aromatic heterocycles. The molecule has 4 heterocycles. The molecule has 0 radical (unpaired) electrons. The molecule has 276 valence electrons. The minimum atomic E-state index is 0.561. The van der Waals surface area contributed by atoms with Gasteiger partial charge in [-0.3, -0.25) is 4.57 Å². The predicted molar refractivity (Wildman–Crippen MR) is 238 cm³/mol. The SMILES string of the molecule is c1ccc(-c2nc(-c3cccc(-n4c5ccccc5c5ccccc54)c3)nc(-c3cccc4oc5ccc(-c6nc7ccccc7n6-c6ccccc6)cc5c34)n2)cc1. The summed E-state index contributed by atoms with van der Waals surface area (Å²) in [5.41, 5.74) is 11.5. The van der Waals surface area contributed by atoms with E-state index in [1.165, 1.54) is 10.8 Å². The molecule has 7 nitrogen and oxygen atoms in total. The van der Waals surface area contributed by atoms with E-state index in [1.807, 2.05) is 60.7 Å². The zero-order valence-electron chi connectivity index (χ0n) is 31.6. The van der Waals surface area contributed by atoms with Crippen LogP contribution in [0.5, 0.6) is 0 Å². The number of imidazole rings is 1. The van der Waals surface area contributed by atoms with Gasteiger partial charge >= 0.3 is 0 Å². The Morgan fingerprint density at radius 3 is 1.75 bits per heavy atom. The first-order valence-corrected chi connectivity index (χ1v) is 19.6. The zero-order chi connectivity index (χ0) is 38.9. The van der Waals surface area contributed by atoms with Crippen molar-refractivity contribution in [3.05, 3.63) is 194 Å². The van der Waals surface area contributed by atoms with Crippen molar-refractivity contribution < 1.29 is 4.42 Å². The first kappa shape index (κ1) is 33.0. The van der Waals surface area contributed by atoms with E-state index in [-0.39, 0.29) is 0 Å². The standard InChI is InChI=1S/C52H32N6O/c1-3-15-33(16-4-1)49-54-50(34-17-13-20-37(31-34)57-43-25-10-7-21-38(43)39-22-8-11-26-44(39)57)56-51(55-49)40-23-14-28-47-48(40)41-32-35(29-30-46(41)59-47)52-53-42-24-9-12-27-45(42)58(52)36-18-5-2-6-19-36/h1-32H. The molecule has 12 rings (SSSR count). The van der Waals surface area contributed by atoms with E-state index in [0.29, 0.717) is 17.5 Å². The fourth-order valence-corrected chi connectivity index (χ4v) is 8.54. The molecular formula is C52H32N6O. The topological polar surface area (TPSA) is 74.6 Å². The van der Waals surface area contributed by atoms with Crippen LogP contribution in [-0.2, 0) is 0 Å². The molecule has 0 bridgehead atoms. The molecule has 7 heteroatoms. The first-order chi connectivity index (χ1) is 29.2. The maximum absolute atomic E-state index is 6.54. The number of furan rings is 1. The molecule has 0 atom stereocenters. The van der Waals surface area contributed by atoms with E-state index >= 15 is 0 Å². The quantitative estimate of drug-likeness (QED) is 0.169. The van der Waals surface area contributed by atoms with Crippen molar-refractivity contribution in [1.29, 1.82) is 0 Å². The van der Waals surface area contributed by atoms with Gasteiger partial charge in [-0.2, -0.15) is 0 Å². The zero-order valence-corrected chi connectivity index (χ0v) is 31.6. The minimum absolute atomic E-state index is 0.561. The Labute approximate surface area is 338 Å². The maximum atomic E-state index is 6.54. The van der Waals surface area contributed by atoms with Gasteiger partial charge in [0.15, 0.2) is 17.5 Å². The van der Waals surface area contributed by atoms with Gasteiger partial charge in [0.05, 0.1) is 22.1 Å². The smallest absolute Gasteiger partial charge is 0.164 e. The highest BCUT2D eigenvalue weighted by atomic mass is 16.3. The minimum Gasteiger partial charge on any atom is -0.456 e. The van der Waals surface area contributed by atoms with Crippen molar-refractivity contribution in [2.75, 3.05) is 0 Å². The summed E-state index contributed by atoms with van der Waals surface area (Å²) in [5.74, 6) is 2.59. The lowest BCUT2D eigenvalue weighted by atomic mass is 10.0. The third kappa shape index (κ3) is 5.36. The number of fused-ring (bicyclic) bond motifs is 7. The van der Waals surface area contributed by atoms with Crippen LogP contribution in [-0.4, -0.2) is 29.1 Å².